The van der Waals surface area contributed by atoms with E-state index in [1.807, 2.05) is 42.2 Å². The molecule has 0 aliphatic carbocycles. The van der Waals surface area contributed by atoms with Gasteiger partial charge in [0, 0.05) is 26.1 Å². The van der Waals surface area contributed by atoms with Gasteiger partial charge >= 0.3 is 0 Å². The fourth-order valence-electron chi connectivity index (χ4n) is 3.65. The van der Waals surface area contributed by atoms with Crippen molar-refractivity contribution in [3.05, 3.63) is 40.3 Å². The SMILES string of the molecule is Cc1ccc(/C=C2\SC(=S)N(CCCCCC(=O)N3CCC(C)CC3)C2=O)cc1. The molecule has 0 spiro atoms. The van der Waals surface area contributed by atoms with E-state index in [-0.39, 0.29) is 11.8 Å². The van der Waals surface area contributed by atoms with Crippen LogP contribution in [0.2, 0.25) is 0 Å². The molecule has 4 nitrogen and oxygen atoms in total. The van der Waals surface area contributed by atoms with Crippen LogP contribution in [0.5, 0.6) is 0 Å². The molecule has 6 heteroatoms. The summed E-state index contributed by atoms with van der Waals surface area (Å²) >= 11 is 6.79. The van der Waals surface area contributed by atoms with E-state index in [4.69, 9.17) is 12.2 Å². The van der Waals surface area contributed by atoms with Crippen LogP contribution in [0.15, 0.2) is 29.2 Å². The average molecular weight is 431 g/mol. The first-order valence-corrected chi connectivity index (χ1v) is 11.8. The molecule has 3 rings (SSSR count). The highest BCUT2D eigenvalue weighted by Crippen LogP contribution is 2.32. The van der Waals surface area contributed by atoms with Gasteiger partial charge < -0.3 is 4.90 Å². The lowest BCUT2D eigenvalue weighted by Crippen LogP contribution is -2.37. The minimum atomic E-state index is -0.000844. The van der Waals surface area contributed by atoms with Gasteiger partial charge in [-0.1, -0.05) is 67.2 Å². The third-order valence-electron chi connectivity index (χ3n) is 5.66. The van der Waals surface area contributed by atoms with Crippen LogP contribution >= 0.6 is 24.0 Å². The Bertz CT molecular complexity index is 781. The minimum absolute atomic E-state index is 0.000844. The summed E-state index contributed by atoms with van der Waals surface area (Å²) in [5.74, 6) is 1.02. The van der Waals surface area contributed by atoms with Gasteiger partial charge in [0.25, 0.3) is 5.91 Å². The number of thioether (sulfide) groups is 1. The summed E-state index contributed by atoms with van der Waals surface area (Å²) in [7, 11) is 0. The van der Waals surface area contributed by atoms with Gasteiger partial charge in [0.1, 0.15) is 4.32 Å². The molecule has 156 valence electrons. The molecule has 1 aromatic carbocycles. The predicted octanol–water partition coefficient (Wildman–Crippen LogP) is 5.02. The molecule has 0 atom stereocenters. The van der Waals surface area contributed by atoms with E-state index in [1.54, 1.807) is 4.90 Å². The first-order chi connectivity index (χ1) is 13.9. The van der Waals surface area contributed by atoms with Crippen LogP contribution in [0.3, 0.4) is 0 Å². The van der Waals surface area contributed by atoms with Crippen molar-refractivity contribution in [2.75, 3.05) is 19.6 Å². The van der Waals surface area contributed by atoms with Gasteiger partial charge in [-0.2, -0.15) is 0 Å². The number of likely N-dealkylation sites (tertiary alicyclic amines) is 1. The molecule has 0 unspecified atom stereocenters. The van der Waals surface area contributed by atoms with Crippen LogP contribution in [0.4, 0.5) is 0 Å². The first-order valence-electron chi connectivity index (χ1n) is 10.5. The van der Waals surface area contributed by atoms with Crippen LogP contribution in [0, 0.1) is 12.8 Å². The molecular formula is C23H30N2O2S2. The number of hydrogen-bond acceptors (Lipinski definition) is 4. The standard InChI is InChI=1S/C23H30N2O2S2/c1-17-7-9-19(10-8-17)16-20-22(27)25(23(28)29-20)13-5-3-4-6-21(26)24-14-11-18(2)12-15-24/h7-10,16,18H,3-6,11-15H2,1-2H3/b20-16-. The lowest BCUT2D eigenvalue weighted by atomic mass is 9.99. The number of aryl methyl sites for hydroxylation is 1. The molecule has 2 saturated heterocycles. The molecule has 29 heavy (non-hydrogen) atoms. The number of nitrogens with zero attached hydrogens (tertiary/aromatic N) is 2. The monoisotopic (exact) mass is 430 g/mol. The van der Waals surface area contributed by atoms with E-state index in [2.05, 4.69) is 6.92 Å². The van der Waals surface area contributed by atoms with Crippen LogP contribution in [-0.4, -0.2) is 45.6 Å². The fourth-order valence-corrected chi connectivity index (χ4v) is 4.95. The summed E-state index contributed by atoms with van der Waals surface area (Å²) in [6.07, 6.45) is 7.45. The largest absolute Gasteiger partial charge is 0.343 e. The maximum absolute atomic E-state index is 12.7. The normalized spacial score (nSPS) is 19.4. The summed E-state index contributed by atoms with van der Waals surface area (Å²) in [5.41, 5.74) is 2.21. The lowest BCUT2D eigenvalue weighted by molar-refractivity contribution is -0.132. The van der Waals surface area contributed by atoms with Gasteiger partial charge in [-0.3, -0.25) is 14.5 Å². The number of carbonyl (C=O) groups excluding carboxylic acids is 2. The summed E-state index contributed by atoms with van der Waals surface area (Å²) < 4.78 is 0.631. The van der Waals surface area contributed by atoms with Crippen LogP contribution < -0.4 is 0 Å². The molecule has 1 aromatic rings. The van der Waals surface area contributed by atoms with E-state index in [1.165, 1.54) is 17.3 Å². The molecule has 0 aromatic heterocycles. The van der Waals surface area contributed by atoms with Crippen LogP contribution in [-0.2, 0) is 9.59 Å². The molecule has 2 amide bonds. The highest BCUT2D eigenvalue weighted by molar-refractivity contribution is 8.26. The number of unbranched alkanes of at least 4 members (excludes halogenated alkanes) is 2. The van der Waals surface area contributed by atoms with Gasteiger partial charge in [-0.15, -0.1) is 0 Å². The van der Waals surface area contributed by atoms with Gasteiger partial charge in [0.2, 0.25) is 5.91 Å². The summed E-state index contributed by atoms with van der Waals surface area (Å²) in [4.78, 5) is 29.4. The zero-order valence-corrected chi connectivity index (χ0v) is 19.0. The third-order valence-corrected chi connectivity index (χ3v) is 7.04. The lowest BCUT2D eigenvalue weighted by Gasteiger charge is -2.30. The number of hydrogen-bond donors (Lipinski definition) is 0. The molecule has 0 N–H and O–H groups in total. The topological polar surface area (TPSA) is 40.6 Å². The van der Waals surface area contributed by atoms with E-state index in [0.717, 1.165) is 56.7 Å². The quantitative estimate of drug-likeness (QED) is 0.346. The third kappa shape index (κ3) is 6.16. The molecular weight excluding hydrogens is 400 g/mol. The van der Waals surface area contributed by atoms with Crippen molar-refractivity contribution in [3.63, 3.8) is 0 Å². The average Bonchev–Trinajstić information content (AvgIpc) is 2.97. The van der Waals surface area contributed by atoms with Gasteiger partial charge in [-0.05, 0) is 50.2 Å². The Morgan fingerprint density at radius 1 is 1.17 bits per heavy atom. The Labute approximate surface area is 183 Å². The highest BCUT2D eigenvalue weighted by Gasteiger charge is 2.31. The minimum Gasteiger partial charge on any atom is -0.343 e. The maximum atomic E-state index is 12.7. The number of benzene rings is 1. The molecule has 0 bridgehead atoms. The Morgan fingerprint density at radius 3 is 2.55 bits per heavy atom. The molecule has 2 heterocycles. The van der Waals surface area contributed by atoms with Crippen molar-refractivity contribution < 1.29 is 9.59 Å². The van der Waals surface area contributed by atoms with Crippen molar-refractivity contribution >= 4 is 46.2 Å². The fraction of sp³-hybridized carbons (Fsp3) is 0.522. The summed E-state index contributed by atoms with van der Waals surface area (Å²) in [6, 6.07) is 8.11. The summed E-state index contributed by atoms with van der Waals surface area (Å²) in [6.45, 7) is 6.74. The second kappa shape index (κ2) is 10.4. The zero-order valence-electron chi connectivity index (χ0n) is 17.4. The van der Waals surface area contributed by atoms with E-state index in [9.17, 15) is 9.59 Å². The van der Waals surface area contributed by atoms with Crippen molar-refractivity contribution in [2.45, 2.75) is 52.4 Å². The van der Waals surface area contributed by atoms with Crippen molar-refractivity contribution in [1.29, 1.82) is 0 Å². The predicted molar refractivity (Wildman–Crippen MR) is 125 cm³/mol. The number of thiocarbonyl (C=S) groups is 1. The molecule has 2 aliphatic rings. The number of carbonyl (C=O) groups is 2. The Morgan fingerprint density at radius 2 is 1.86 bits per heavy atom. The van der Waals surface area contributed by atoms with Crippen LogP contribution in [0.1, 0.15) is 56.6 Å². The van der Waals surface area contributed by atoms with Gasteiger partial charge in [0.15, 0.2) is 0 Å². The van der Waals surface area contributed by atoms with E-state index >= 15 is 0 Å². The maximum Gasteiger partial charge on any atom is 0.266 e. The van der Waals surface area contributed by atoms with Gasteiger partial charge in [0.05, 0.1) is 4.91 Å². The highest BCUT2D eigenvalue weighted by atomic mass is 32.2. The van der Waals surface area contributed by atoms with Crippen LogP contribution in [0.25, 0.3) is 6.08 Å². The Kier molecular flexibility index (Phi) is 7.90. The second-order valence-electron chi connectivity index (χ2n) is 8.12. The number of amides is 2. The first kappa shape index (κ1) is 22.0. The number of rotatable bonds is 7. The van der Waals surface area contributed by atoms with Gasteiger partial charge in [-0.25, -0.2) is 0 Å². The summed E-state index contributed by atoms with van der Waals surface area (Å²) in [5, 5.41) is 0. The van der Waals surface area contributed by atoms with E-state index in [0.29, 0.717) is 22.2 Å². The second-order valence-corrected chi connectivity index (χ2v) is 9.79. The zero-order chi connectivity index (χ0) is 20.8. The smallest absolute Gasteiger partial charge is 0.266 e. The molecule has 2 fully saturated rings. The molecule has 0 saturated carbocycles. The molecule has 2 aliphatic heterocycles. The van der Waals surface area contributed by atoms with Crippen molar-refractivity contribution in [2.24, 2.45) is 5.92 Å². The Balaban J connectivity index is 1.40. The van der Waals surface area contributed by atoms with E-state index < -0.39 is 0 Å². The Hall–Kier alpha value is -1.66. The molecule has 0 radical (unpaired) electrons. The van der Waals surface area contributed by atoms with Crippen molar-refractivity contribution in [3.8, 4) is 0 Å². The number of piperidine rings is 1. The van der Waals surface area contributed by atoms with Crippen molar-refractivity contribution in [1.82, 2.24) is 9.80 Å².